The van der Waals surface area contributed by atoms with Crippen molar-refractivity contribution in [3.63, 3.8) is 0 Å². The van der Waals surface area contributed by atoms with Crippen LogP contribution in [0.4, 0.5) is 0 Å². The molecule has 0 heterocycles. The van der Waals surface area contributed by atoms with Gasteiger partial charge >= 0.3 is 83.7 Å². The summed E-state index contributed by atoms with van der Waals surface area (Å²) in [5.41, 5.74) is 14.4. The van der Waals surface area contributed by atoms with E-state index in [1.165, 1.54) is 98.7 Å². The molecule has 376 valence electrons. The molecule has 0 bridgehead atoms. The number of aryl methyl sites for hydroxylation is 6. The van der Waals surface area contributed by atoms with Gasteiger partial charge in [0.25, 0.3) is 0 Å². The van der Waals surface area contributed by atoms with Gasteiger partial charge < -0.3 is 0 Å². The third kappa shape index (κ3) is 20.0. The third-order valence-electron chi connectivity index (χ3n) is 12.0. The van der Waals surface area contributed by atoms with E-state index in [2.05, 4.69) is 250 Å². The molecule has 0 aromatic heterocycles. The first kappa shape index (κ1) is 67.1. The largest absolute Gasteiger partial charge is 0.147 e. The third-order valence-corrected chi connectivity index (χ3v) is 12.0. The molecule has 8 heteroatoms. The molecule has 0 nitrogen and oxygen atoms in total. The molecule has 0 saturated carbocycles. The van der Waals surface area contributed by atoms with Crippen molar-refractivity contribution in [2.45, 2.75) is 106 Å². The summed E-state index contributed by atoms with van der Waals surface area (Å²) >= 11 is 3.48. The minimum atomic E-state index is 0. The number of fused-ring (bicyclic) bond motifs is 4. The van der Waals surface area contributed by atoms with Crippen LogP contribution in [-0.2, 0) is 85.2 Å². The van der Waals surface area contributed by atoms with Gasteiger partial charge in [0, 0.05) is 0 Å². The summed E-state index contributed by atoms with van der Waals surface area (Å²) < 4.78 is 0. The first-order valence-corrected chi connectivity index (χ1v) is 37.2. The molecular weight excluding hydrogens is 1150 g/mol. The van der Waals surface area contributed by atoms with Crippen LogP contribution in [0.2, 0.25) is 26.2 Å². The zero-order valence-electron chi connectivity index (χ0n) is 44.2. The van der Waals surface area contributed by atoms with Gasteiger partial charge in [-0.2, -0.15) is 24.3 Å². The fraction of sp³-hybridized carbons (Fsp3) is 0.250. The van der Waals surface area contributed by atoms with Gasteiger partial charge in [-0.05, 0) is 49.7 Å². The SMILES string of the molecule is CCc1cc2c(-c3ccccc3)cccc2[cH-]1.CCc1cc2c(-c3ccccc3)cccc2[cH-]1.CCc1cc2c(CC)cccc2[cH-]1.CCc1cc2c(CC)cccc2[cH-]1.C[Si](C)=[Zr+2].C[Si](C)=[Zr+2].Cl.Cl.Cl.Cl. The molecule has 0 fully saturated rings. The molecule has 0 unspecified atom stereocenters. The van der Waals surface area contributed by atoms with Crippen molar-refractivity contribution in [1.29, 1.82) is 0 Å². The van der Waals surface area contributed by atoms with Gasteiger partial charge in [0.1, 0.15) is 0 Å². The van der Waals surface area contributed by atoms with Gasteiger partial charge in [-0.1, -0.05) is 149 Å². The van der Waals surface area contributed by atoms with Gasteiger partial charge in [0.2, 0.25) is 0 Å². The van der Waals surface area contributed by atoms with E-state index in [0.717, 1.165) is 38.5 Å². The molecular formula is C64H76Cl4Si2Zr2. The molecule has 0 spiro atoms. The van der Waals surface area contributed by atoms with Crippen LogP contribution in [0.3, 0.4) is 0 Å². The topological polar surface area (TPSA) is 0 Å². The molecule has 0 N–H and O–H groups in total. The second kappa shape index (κ2) is 35.4. The zero-order chi connectivity index (χ0) is 49.0. The van der Waals surface area contributed by atoms with Crippen molar-refractivity contribution < 1.29 is 46.7 Å². The quantitative estimate of drug-likeness (QED) is 0.105. The number of hydrogen-bond acceptors (Lipinski definition) is 0. The van der Waals surface area contributed by atoms with Crippen LogP contribution in [0, 0.1) is 0 Å². The maximum absolute atomic E-state index is 2.33. The van der Waals surface area contributed by atoms with Crippen molar-refractivity contribution >= 4 is 104 Å². The molecule has 0 radical (unpaired) electrons. The van der Waals surface area contributed by atoms with Crippen LogP contribution >= 0.6 is 49.6 Å². The average Bonchev–Trinajstić information content (AvgIpc) is 4.18. The van der Waals surface area contributed by atoms with Crippen LogP contribution in [0.15, 0.2) is 182 Å². The molecule has 72 heavy (non-hydrogen) atoms. The Morgan fingerprint density at radius 3 is 0.833 bits per heavy atom. The van der Waals surface area contributed by atoms with Crippen LogP contribution in [-0.4, -0.2) is 10.9 Å². The van der Waals surface area contributed by atoms with Crippen LogP contribution in [0.25, 0.3) is 65.3 Å². The summed E-state index contributed by atoms with van der Waals surface area (Å²) in [5.74, 6) is 0. The molecule has 10 aromatic rings. The van der Waals surface area contributed by atoms with E-state index >= 15 is 0 Å². The smallest absolute Gasteiger partial charge is 0.147 e. The van der Waals surface area contributed by atoms with E-state index in [4.69, 9.17) is 0 Å². The minimum absolute atomic E-state index is 0. The van der Waals surface area contributed by atoms with Gasteiger partial charge in [-0.25, -0.2) is 0 Å². The molecule has 0 aliphatic rings. The average molecular weight is 1230 g/mol. The molecule has 0 amide bonds. The fourth-order valence-corrected chi connectivity index (χ4v) is 8.49. The van der Waals surface area contributed by atoms with E-state index < -0.39 is 0 Å². The Labute approximate surface area is 489 Å². The Kier molecular flexibility index (Phi) is 33.0. The maximum atomic E-state index is 2.33. The van der Waals surface area contributed by atoms with Crippen molar-refractivity contribution in [3.05, 3.63) is 215 Å². The number of rotatable bonds is 8. The molecule has 0 aliphatic heterocycles. The standard InChI is InChI=1S/2C17H15.2C13H15.2C2H6Si.4ClH.2Zr/c2*1-2-13-11-15-9-6-10-16(17(15)12-13)14-7-4-3-5-8-14;2*1-3-10-8-12-7-5-6-11(4-2)13(12)9-10;2*1-3-2;;;;;;/h2*3-12H,2H2,1H3;2*5-9H,3-4H2,1-2H3;2*1-2H3;4*1H;;/q4*-1;;;;;;;2*+2. The van der Waals surface area contributed by atoms with Crippen LogP contribution in [0.5, 0.6) is 0 Å². The fourth-order valence-electron chi connectivity index (χ4n) is 8.49. The van der Waals surface area contributed by atoms with E-state index in [1.54, 1.807) is 46.7 Å². The summed E-state index contributed by atoms with van der Waals surface area (Å²) in [4.78, 5) is 0. The number of benzene rings is 6. The normalized spacial score (nSPS) is 9.86. The summed E-state index contributed by atoms with van der Waals surface area (Å²) in [6.45, 7) is 22.5. The van der Waals surface area contributed by atoms with Crippen molar-refractivity contribution in [3.8, 4) is 22.3 Å². The molecule has 10 aromatic carbocycles. The Bertz CT molecular complexity index is 2900. The van der Waals surface area contributed by atoms with Gasteiger partial charge in [-0.15, -0.1) is 188 Å². The maximum Gasteiger partial charge on any atom is -0.147 e. The molecule has 0 aliphatic carbocycles. The zero-order valence-corrected chi connectivity index (χ0v) is 54.4. The number of hydrogen-bond donors (Lipinski definition) is 0. The Hall–Kier alpha value is -2.88. The summed E-state index contributed by atoms with van der Waals surface area (Å²) in [6, 6.07) is 65.9. The van der Waals surface area contributed by atoms with Crippen LogP contribution in [0.1, 0.15) is 74.9 Å². The monoisotopic (exact) mass is 1220 g/mol. The van der Waals surface area contributed by atoms with Crippen LogP contribution < -0.4 is 0 Å². The number of halogens is 4. The van der Waals surface area contributed by atoms with Crippen molar-refractivity contribution in [2.75, 3.05) is 0 Å². The van der Waals surface area contributed by atoms with Gasteiger partial charge in [0.15, 0.2) is 0 Å². The summed E-state index contributed by atoms with van der Waals surface area (Å²) in [7, 11) is 0. The Balaban J connectivity index is 0.000000451. The predicted molar refractivity (Wildman–Crippen MR) is 329 cm³/mol. The van der Waals surface area contributed by atoms with E-state index in [0.29, 0.717) is 0 Å². The minimum Gasteiger partial charge on any atom is -0.147 e. The van der Waals surface area contributed by atoms with Gasteiger partial charge in [0.05, 0.1) is 0 Å². The van der Waals surface area contributed by atoms with Crippen molar-refractivity contribution in [2.24, 2.45) is 0 Å². The second-order valence-electron chi connectivity index (χ2n) is 17.8. The predicted octanol–water partition coefficient (Wildman–Crippen LogP) is 20.2. The first-order chi connectivity index (χ1) is 32.9. The summed E-state index contributed by atoms with van der Waals surface area (Å²) in [5, 5.41) is 11.1. The Morgan fingerprint density at radius 1 is 0.319 bits per heavy atom. The Morgan fingerprint density at radius 2 is 0.569 bits per heavy atom. The van der Waals surface area contributed by atoms with E-state index in [-0.39, 0.29) is 60.5 Å². The van der Waals surface area contributed by atoms with Gasteiger partial charge in [-0.3, -0.25) is 0 Å². The second-order valence-corrected chi connectivity index (χ2v) is 36.5. The first-order valence-electron chi connectivity index (χ1n) is 24.8. The molecule has 0 saturated heterocycles. The van der Waals surface area contributed by atoms with E-state index in [9.17, 15) is 0 Å². The molecule has 10 rings (SSSR count). The van der Waals surface area contributed by atoms with E-state index in [1.807, 2.05) is 0 Å². The van der Waals surface area contributed by atoms with Crippen molar-refractivity contribution in [1.82, 2.24) is 0 Å². The molecule has 0 atom stereocenters. The summed E-state index contributed by atoms with van der Waals surface area (Å²) in [6.07, 6.45) is 6.73.